The van der Waals surface area contributed by atoms with Gasteiger partial charge in [0.15, 0.2) is 5.17 Å². The summed E-state index contributed by atoms with van der Waals surface area (Å²) in [5, 5.41) is 9.89. The van der Waals surface area contributed by atoms with Crippen LogP contribution in [0.25, 0.3) is 0 Å². The fraction of sp³-hybridized carbons (Fsp3) is 0.571. The highest BCUT2D eigenvalue weighted by atomic mass is 35.5. The minimum absolute atomic E-state index is 0. The molecule has 1 aromatic carbocycles. The highest BCUT2D eigenvalue weighted by Crippen LogP contribution is 2.31. The van der Waals surface area contributed by atoms with Crippen LogP contribution in [0.5, 0.6) is 0 Å². The first-order valence-electron chi connectivity index (χ1n) is 9.79. The Morgan fingerprint density at radius 3 is 2.46 bits per heavy atom. The molecule has 1 saturated heterocycles. The molecule has 1 aliphatic heterocycles. The molecule has 1 aromatic rings. The van der Waals surface area contributed by atoms with Gasteiger partial charge in [-0.1, -0.05) is 49.6 Å². The van der Waals surface area contributed by atoms with E-state index in [-0.39, 0.29) is 24.5 Å². The maximum atomic E-state index is 12.4. The van der Waals surface area contributed by atoms with E-state index >= 15 is 0 Å². The zero-order valence-electron chi connectivity index (χ0n) is 16.6. The van der Waals surface area contributed by atoms with Crippen molar-refractivity contribution in [2.45, 2.75) is 64.1 Å². The van der Waals surface area contributed by atoms with Gasteiger partial charge in [-0.25, -0.2) is 0 Å². The zero-order chi connectivity index (χ0) is 19.2. The fourth-order valence-corrected chi connectivity index (χ4v) is 5.06. The van der Waals surface area contributed by atoms with E-state index in [1.807, 2.05) is 36.2 Å². The predicted octanol–water partition coefficient (Wildman–Crippen LogP) is 4.61. The Balaban J connectivity index is 0.00000280. The first-order valence-corrected chi connectivity index (χ1v) is 10.8. The lowest BCUT2D eigenvalue weighted by atomic mass is 10.1. The van der Waals surface area contributed by atoms with Crippen molar-refractivity contribution < 1.29 is 4.79 Å². The molecule has 152 valence electrons. The molecule has 28 heavy (non-hydrogen) atoms. The molecule has 0 bridgehead atoms. The van der Waals surface area contributed by atoms with Crippen molar-refractivity contribution in [1.82, 2.24) is 4.90 Å². The number of carbonyl (C=O) groups excluding carboxylic acids is 1. The van der Waals surface area contributed by atoms with Crippen molar-refractivity contribution in [2.24, 2.45) is 4.99 Å². The lowest BCUT2D eigenvalue weighted by Gasteiger charge is -2.33. The second kappa shape index (κ2) is 10.7. The standard InChI is InChI=1S/C21H28N4OS.ClH/c1-16(26)25(19-11-9-17(10-12-19)13-14-22)20-15-27-21(24(20)2)23-18-7-5-3-4-6-8-18;/h9-12,18,20H,3-8,13,15H2,1-2H3;1H. The number of hydrogen-bond donors (Lipinski definition) is 0. The highest BCUT2D eigenvalue weighted by Gasteiger charge is 2.34. The van der Waals surface area contributed by atoms with Crippen LogP contribution in [0.1, 0.15) is 51.0 Å². The van der Waals surface area contributed by atoms with Gasteiger partial charge in [-0.05, 0) is 30.5 Å². The van der Waals surface area contributed by atoms with Crippen LogP contribution >= 0.6 is 24.2 Å². The molecule has 0 radical (unpaired) electrons. The lowest BCUT2D eigenvalue weighted by molar-refractivity contribution is -0.117. The minimum Gasteiger partial charge on any atom is -0.333 e. The summed E-state index contributed by atoms with van der Waals surface area (Å²) < 4.78 is 0. The first-order chi connectivity index (χ1) is 13.1. The van der Waals surface area contributed by atoms with Gasteiger partial charge in [0, 0.05) is 25.4 Å². The second-order valence-corrected chi connectivity index (χ2v) is 8.34. The van der Waals surface area contributed by atoms with Gasteiger partial charge in [0.2, 0.25) is 5.91 Å². The van der Waals surface area contributed by atoms with Crippen LogP contribution < -0.4 is 4.90 Å². The molecule has 0 N–H and O–H groups in total. The molecule has 3 rings (SSSR count). The van der Waals surface area contributed by atoms with Gasteiger partial charge in [0.25, 0.3) is 0 Å². The smallest absolute Gasteiger partial charge is 0.225 e. The van der Waals surface area contributed by atoms with Crippen LogP contribution in [0, 0.1) is 11.3 Å². The first kappa shape index (κ1) is 22.6. The van der Waals surface area contributed by atoms with Gasteiger partial charge in [-0.2, -0.15) is 5.26 Å². The van der Waals surface area contributed by atoms with Crippen molar-refractivity contribution in [3.63, 3.8) is 0 Å². The van der Waals surface area contributed by atoms with E-state index < -0.39 is 0 Å². The Hall–Kier alpha value is -1.71. The van der Waals surface area contributed by atoms with E-state index in [0.717, 1.165) is 22.2 Å². The molecule has 1 amide bonds. The average molecular weight is 421 g/mol. The quantitative estimate of drug-likeness (QED) is 0.667. The zero-order valence-corrected chi connectivity index (χ0v) is 18.3. The van der Waals surface area contributed by atoms with E-state index in [1.54, 1.807) is 18.7 Å². The van der Waals surface area contributed by atoms with Gasteiger partial charge < -0.3 is 4.90 Å². The van der Waals surface area contributed by atoms with Gasteiger partial charge in [-0.3, -0.25) is 14.7 Å². The van der Waals surface area contributed by atoms with Crippen LogP contribution in [0.4, 0.5) is 5.69 Å². The summed E-state index contributed by atoms with van der Waals surface area (Å²) >= 11 is 1.75. The Labute approximate surface area is 178 Å². The number of nitriles is 1. The number of nitrogens with zero attached hydrogens (tertiary/aromatic N) is 4. The second-order valence-electron chi connectivity index (χ2n) is 7.35. The molecular weight excluding hydrogens is 392 g/mol. The molecule has 0 aromatic heterocycles. The average Bonchev–Trinajstić information content (AvgIpc) is 2.85. The summed E-state index contributed by atoms with van der Waals surface area (Å²) in [6, 6.07) is 10.3. The molecule has 2 fully saturated rings. The number of halogens is 1. The number of rotatable bonds is 4. The monoisotopic (exact) mass is 420 g/mol. The fourth-order valence-electron chi connectivity index (χ4n) is 3.84. The summed E-state index contributed by atoms with van der Waals surface area (Å²) in [4.78, 5) is 21.5. The van der Waals surface area contributed by atoms with Crippen molar-refractivity contribution in [1.29, 1.82) is 5.26 Å². The van der Waals surface area contributed by atoms with E-state index in [2.05, 4.69) is 11.0 Å². The molecule has 1 heterocycles. The van der Waals surface area contributed by atoms with E-state index in [4.69, 9.17) is 10.3 Å². The molecule has 2 aliphatic rings. The van der Waals surface area contributed by atoms with Gasteiger partial charge >= 0.3 is 0 Å². The maximum absolute atomic E-state index is 12.4. The number of aliphatic imine (C=N–C) groups is 1. The Morgan fingerprint density at radius 1 is 1.25 bits per heavy atom. The minimum atomic E-state index is -0.0288. The SMILES string of the molecule is CC(=O)N(c1ccc(CC#N)cc1)C1CSC(=NC2CCCCCC2)N1C.Cl. The molecule has 1 saturated carbocycles. The number of benzene rings is 1. The van der Waals surface area contributed by atoms with E-state index in [1.165, 1.54) is 38.5 Å². The summed E-state index contributed by atoms with van der Waals surface area (Å²) in [5.41, 5.74) is 1.84. The van der Waals surface area contributed by atoms with E-state index in [0.29, 0.717) is 12.5 Å². The van der Waals surface area contributed by atoms with Crippen LogP contribution in [0.2, 0.25) is 0 Å². The largest absolute Gasteiger partial charge is 0.333 e. The summed E-state index contributed by atoms with van der Waals surface area (Å²) in [7, 11) is 2.04. The van der Waals surface area contributed by atoms with Crippen molar-refractivity contribution >= 4 is 40.9 Å². The third-order valence-electron chi connectivity index (χ3n) is 5.36. The number of thioether (sulfide) groups is 1. The third kappa shape index (κ3) is 5.42. The molecule has 7 heteroatoms. The van der Waals surface area contributed by atoms with Crippen LogP contribution in [0.15, 0.2) is 29.3 Å². The van der Waals surface area contributed by atoms with Crippen LogP contribution in [-0.4, -0.2) is 41.0 Å². The Bertz CT molecular complexity index is 723. The van der Waals surface area contributed by atoms with Crippen LogP contribution in [-0.2, 0) is 11.2 Å². The summed E-state index contributed by atoms with van der Waals surface area (Å²) in [6.07, 6.45) is 7.91. The summed E-state index contributed by atoms with van der Waals surface area (Å²) in [6.45, 7) is 1.61. The molecule has 1 atom stereocenters. The van der Waals surface area contributed by atoms with Crippen molar-refractivity contribution in [3.8, 4) is 6.07 Å². The lowest BCUT2D eigenvalue weighted by Crippen LogP contribution is -2.48. The number of anilines is 1. The van der Waals surface area contributed by atoms with Crippen molar-refractivity contribution in [2.75, 3.05) is 17.7 Å². The molecule has 1 unspecified atom stereocenters. The van der Waals surface area contributed by atoms with E-state index in [9.17, 15) is 4.79 Å². The Morgan fingerprint density at radius 2 is 1.89 bits per heavy atom. The summed E-state index contributed by atoms with van der Waals surface area (Å²) in [5.74, 6) is 0.845. The Kier molecular flexibility index (Phi) is 8.65. The van der Waals surface area contributed by atoms with Gasteiger partial charge in [-0.15, -0.1) is 12.4 Å². The molecule has 0 spiro atoms. The van der Waals surface area contributed by atoms with Crippen LogP contribution in [0.3, 0.4) is 0 Å². The van der Waals surface area contributed by atoms with Gasteiger partial charge in [0.1, 0.15) is 6.17 Å². The number of amides is 1. The molecule has 1 aliphatic carbocycles. The topological polar surface area (TPSA) is 59.7 Å². The molecule has 5 nitrogen and oxygen atoms in total. The number of hydrogen-bond acceptors (Lipinski definition) is 4. The molecular formula is C21H29ClN4OS. The number of carbonyl (C=O) groups is 1. The third-order valence-corrected chi connectivity index (χ3v) is 6.48. The highest BCUT2D eigenvalue weighted by molar-refractivity contribution is 8.14. The van der Waals surface area contributed by atoms with Gasteiger partial charge in [0.05, 0.1) is 18.5 Å². The number of amidine groups is 1. The normalized spacial score (nSPS) is 21.7. The maximum Gasteiger partial charge on any atom is 0.225 e. The van der Waals surface area contributed by atoms with Crippen molar-refractivity contribution in [3.05, 3.63) is 29.8 Å². The predicted molar refractivity (Wildman–Crippen MR) is 119 cm³/mol.